The number of nitriles is 1. The van der Waals surface area contributed by atoms with Crippen LogP contribution in [0.5, 0.6) is 0 Å². The molecule has 23 heavy (non-hydrogen) atoms. The van der Waals surface area contributed by atoms with E-state index in [4.69, 9.17) is 5.26 Å². The van der Waals surface area contributed by atoms with Gasteiger partial charge in [0.1, 0.15) is 0 Å². The van der Waals surface area contributed by atoms with Gasteiger partial charge in [0.2, 0.25) is 5.91 Å². The lowest BCUT2D eigenvalue weighted by Crippen LogP contribution is -2.39. The third-order valence-electron chi connectivity index (χ3n) is 4.01. The maximum atomic E-state index is 12.1. The van der Waals surface area contributed by atoms with Gasteiger partial charge in [0.15, 0.2) is 0 Å². The molecule has 0 aromatic heterocycles. The summed E-state index contributed by atoms with van der Waals surface area (Å²) in [4.78, 5) is 13.2. The number of amides is 1. The van der Waals surface area contributed by atoms with Gasteiger partial charge in [0.25, 0.3) is 0 Å². The Hall–Kier alpha value is -1.67. The molecular formula is C18H25N3OS. The number of rotatable bonds is 7. The summed E-state index contributed by atoms with van der Waals surface area (Å²) in [5, 5.41) is 15.2. The van der Waals surface area contributed by atoms with Crippen LogP contribution in [-0.2, 0) is 4.79 Å². The predicted octanol–water partition coefficient (Wildman–Crippen LogP) is 3.80. The third-order valence-corrected chi connectivity index (χ3v) is 5.34. The Morgan fingerprint density at radius 3 is 2.83 bits per heavy atom. The van der Waals surface area contributed by atoms with E-state index in [1.54, 1.807) is 11.8 Å². The summed E-state index contributed by atoms with van der Waals surface area (Å²) in [6, 6.07) is 10.5. The summed E-state index contributed by atoms with van der Waals surface area (Å²) in [6.45, 7) is 2.21. The second kappa shape index (κ2) is 9.46. The zero-order valence-corrected chi connectivity index (χ0v) is 14.5. The van der Waals surface area contributed by atoms with E-state index in [0.29, 0.717) is 12.6 Å². The van der Waals surface area contributed by atoms with Crippen LogP contribution < -0.4 is 10.6 Å². The number of nitrogens with zero attached hydrogens (tertiary/aromatic N) is 1. The lowest BCUT2D eigenvalue weighted by Gasteiger charge is -2.23. The summed E-state index contributed by atoms with van der Waals surface area (Å²) in [7, 11) is 0. The summed E-state index contributed by atoms with van der Waals surface area (Å²) in [5.41, 5.74) is 0.960. The van der Waals surface area contributed by atoms with Crippen LogP contribution in [0, 0.1) is 17.2 Å². The number of carbonyl (C=O) groups excluding carboxylic acids is 1. The van der Waals surface area contributed by atoms with Crippen molar-refractivity contribution in [3.63, 3.8) is 0 Å². The number of benzene rings is 1. The van der Waals surface area contributed by atoms with Gasteiger partial charge in [-0.2, -0.15) is 5.26 Å². The largest absolute Gasteiger partial charge is 0.375 e. The topological polar surface area (TPSA) is 64.9 Å². The molecule has 1 aromatic carbocycles. The molecule has 0 unspecified atom stereocenters. The maximum Gasteiger partial charge on any atom is 0.239 e. The molecule has 124 valence electrons. The molecule has 5 heteroatoms. The van der Waals surface area contributed by atoms with Crippen molar-refractivity contribution in [3.8, 4) is 6.07 Å². The molecule has 4 nitrogen and oxygen atoms in total. The maximum absolute atomic E-state index is 12.1. The summed E-state index contributed by atoms with van der Waals surface area (Å²) in [6.07, 6.45) is 5.93. The third kappa shape index (κ3) is 6.15. The molecule has 0 radical (unpaired) electrons. The summed E-state index contributed by atoms with van der Waals surface area (Å²) in [5.74, 6) is 0.827. The minimum absolute atomic E-state index is 0.0163. The molecule has 0 aliphatic heterocycles. The Morgan fingerprint density at radius 2 is 2.09 bits per heavy atom. The highest BCUT2D eigenvalue weighted by atomic mass is 32.2. The van der Waals surface area contributed by atoms with E-state index < -0.39 is 0 Å². The van der Waals surface area contributed by atoms with Crippen LogP contribution in [0.2, 0.25) is 0 Å². The van der Waals surface area contributed by atoms with Crippen molar-refractivity contribution in [1.29, 1.82) is 5.26 Å². The number of hydrogen-bond acceptors (Lipinski definition) is 4. The van der Waals surface area contributed by atoms with Gasteiger partial charge in [-0.3, -0.25) is 4.79 Å². The van der Waals surface area contributed by atoms with Crippen LogP contribution in [0.25, 0.3) is 0 Å². The first kappa shape index (κ1) is 17.7. The molecule has 0 spiro atoms. The fourth-order valence-electron chi connectivity index (χ4n) is 2.69. The normalized spacial score (nSPS) is 16.3. The van der Waals surface area contributed by atoms with Gasteiger partial charge in [-0.15, -0.1) is 11.8 Å². The molecule has 1 aliphatic carbocycles. The zero-order chi connectivity index (χ0) is 16.5. The smallest absolute Gasteiger partial charge is 0.239 e. The number of carbonyl (C=O) groups is 1. The van der Waals surface area contributed by atoms with Gasteiger partial charge in [-0.25, -0.2) is 0 Å². The SMILES string of the molecule is C[C@H](C#N)CSc1ccccc1NCC(=O)NC1CCCCC1. The van der Waals surface area contributed by atoms with Gasteiger partial charge in [-0.05, 0) is 31.9 Å². The molecule has 1 saturated carbocycles. The quantitative estimate of drug-likeness (QED) is 0.746. The van der Waals surface area contributed by atoms with E-state index >= 15 is 0 Å². The first-order chi connectivity index (χ1) is 11.2. The Morgan fingerprint density at radius 1 is 1.35 bits per heavy atom. The molecular weight excluding hydrogens is 306 g/mol. The standard InChI is InChI=1S/C18H25N3OS/c1-14(11-19)13-23-17-10-6-5-9-16(17)20-12-18(22)21-15-7-3-2-4-8-15/h5-6,9-10,14-15,20H,2-4,7-8,12-13H2,1H3,(H,21,22)/t14-/m1/s1. The molecule has 0 heterocycles. The fraction of sp³-hybridized carbons (Fsp3) is 0.556. The Balaban J connectivity index is 1.82. The second-order valence-corrected chi connectivity index (χ2v) is 7.16. The summed E-state index contributed by atoms with van der Waals surface area (Å²) < 4.78 is 0. The minimum atomic E-state index is 0.0163. The molecule has 1 aliphatic rings. The van der Waals surface area contributed by atoms with Crippen molar-refractivity contribution in [2.75, 3.05) is 17.6 Å². The van der Waals surface area contributed by atoms with Gasteiger partial charge in [-0.1, -0.05) is 31.4 Å². The number of hydrogen-bond donors (Lipinski definition) is 2. The van der Waals surface area contributed by atoms with E-state index in [1.165, 1.54) is 19.3 Å². The number of anilines is 1. The Kier molecular flexibility index (Phi) is 7.28. The predicted molar refractivity (Wildman–Crippen MR) is 95.4 cm³/mol. The monoisotopic (exact) mass is 331 g/mol. The lowest BCUT2D eigenvalue weighted by atomic mass is 9.95. The van der Waals surface area contributed by atoms with Crippen molar-refractivity contribution in [3.05, 3.63) is 24.3 Å². The van der Waals surface area contributed by atoms with Crippen molar-refractivity contribution in [2.24, 2.45) is 5.92 Å². The zero-order valence-electron chi connectivity index (χ0n) is 13.7. The average Bonchev–Trinajstić information content (AvgIpc) is 2.59. The van der Waals surface area contributed by atoms with Crippen LogP contribution in [0.4, 0.5) is 5.69 Å². The first-order valence-corrected chi connectivity index (χ1v) is 9.32. The molecule has 0 saturated heterocycles. The molecule has 0 bridgehead atoms. The minimum Gasteiger partial charge on any atom is -0.375 e. The van der Waals surface area contributed by atoms with E-state index in [1.807, 2.05) is 31.2 Å². The van der Waals surface area contributed by atoms with Crippen molar-refractivity contribution in [2.45, 2.75) is 50.0 Å². The molecule has 2 rings (SSSR count). The van der Waals surface area contributed by atoms with Gasteiger partial charge in [0.05, 0.1) is 18.5 Å². The second-order valence-electron chi connectivity index (χ2n) is 6.09. The highest BCUT2D eigenvalue weighted by Gasteiger charge is 2.15. The van der Waals surface area contributed by atoms with Gasteiger partial charge >= 0.3 is 0 Å². The van der Waals surface area contributed by atoms with Crippen LogP contribution in [0.3, 0.4) is 0 Å². The molecule has 1 amide bonds. The number of nitrogens with one attached hydrogen (secondary N) is 2. The molecule has 1 fully saturated rings. The Bertz CT molecular complexity index is 549. The van der Waals surface area contributed by atoms with Crippen LogP contribution in [-0.4, -0.2) is 24.2 Å². The van der Waals surface area contributed by atoms with E-state index in [0.717, 1.165) is 29.2 Å². The average molecular weight is 331 g/mol. The highest BCUT2D eigenvalue weighted by molar-refractivity contribution is 7.99. The van der Waals surface area contributed by atoms with Crippen LogP contribution in [0.15, 0.2) is 29.2 Å². The fourth-order valence-corrected chi connectivity index (χ4v) is 3.67. The molecule has 1 aromatic rings. The molecule has 1 atom stereocenters. The Labute approximate surface area is 143 Å². The van der Waals surface area contributed by atoms with Crippen LogP contribution >= 0.6 is 11.8 Å². The highest BCUT2D eigenvalue weighted by Crippen LogP contribution is 2.28. The number of para-hydroxylation sites is 1. The van der Waals surface area contributed by atoms with Crippen molar-refractivity contribution in [1.82, 2.24) is 5.32 Å². The van der Waals surface area contributed by atoms with Gasteiger partial charge in [0, 0.05) is 22.4 Å². The van der Waals surface area contributed by atoms with Gasteiger partial charge < -0.3 is 10.6 Å². The van der Waals surface area contributed by atoms with Crippen molar-refractivity contribution >= 4 is 23.4 Å². The summed E-state index contributed by atoms with van der Waals surface area (Å²) >= 11 is 1.65. The van der Waals surface area contributed by atoms with E-state index in [9.17, 15) is 4.79 Å². The van der Waals surface area contributed by atoms with E-state index in [2.05, 4.69) is 16.7 Å². The lowest BCUT2D eigenvalue weighted by molar-refractivity contribution is -0.120. The molecule has 2 N–H and O–H groups in total. The van der Waals surface area contributed by atoms with Crippen molar-refractivity contribution < 1.29 is 4.79 Å². The van der Waals surface area contributed by atoms with E-state index in [-0.39, 0.29) is 11.8 Å². The van der Waals surface area contributed by atoms with Crippen LogP contribution in [0.1, 0.15) is 39.0 Å². The first-order valence-electron chi connectivity index (χ1n) is 8.33. The number of thioether (sulfide) groups is 1.